The predicted octanol–water partition coefficient (Wildman–Crippen LogP) is 4.95. The summed E-state index contributed by atoms with van der Waals surface area (Å²) in [6, 6.07) is 6.77. The molecule has 2 N–H and O–H groups in total. The van der Waals surface area contributed by atoms with Gasteiger partial charge in [0.05, 0.1) is 12.2 Å². The molecule has 8 nitrogen and oxygen atoms in total. The molecule has 38 heavy (non-hydrogen) atoms. The second-order valence-corrected chi connectivity index (χ2v) is 10.3. The Bertz CT molecular complexity index is 1580. The Kier molecular flexibility index (Phi) is 6.34. The van der Waals surface area contributed by atoms with Gasteiger partial charge in [-0.05, 0) is 41.8 Å². The minimum absolute atomic E-state index is 0.211. The molecule has 5 rings (SSSR count). The summed E-state index contributed by atoms with van der Waals surface area (Å²) in [6.07, 6.45) is 0.878. The quantitative estimate of drug-likeness (QED) is 0.360. The van der Waals surface area contributed by atoms with Gasteiger partial charge < -0.3 is 10.6 Å². The Morgan fingerprint density at radius 1 is 1.18 bits per heavy atom. The lowest BCUT2D eigenvalue weighted by Crippen LogP contribution is -2.39. The molecule has 0 radical (unpaired) electrons. The monoisotopic (exact) mass is 523 g/mol. The summed E-state index contributed by atoms with van der Waals surface area (Å²) in [5.41, 5.74) is 2.86. The highest BCUT2D eigenvalue weighted by Gasteiger charge is 2.42. The van der Waals surface area contributed by atoms with Crippen LogP contribution in [0.15, 0.2) is 60.2 Å². The molecule has 1 aliphatic rings. The molecule has 1 aromatic carbocycles. The first-order valence-corrected chi connectivity index (χ1v) is 12.2. The van der Waals surface area contributed by atoms with Gasteiger partial charge in [0.1, 0.15) is 11.4 Å². The van der Waals surface area contributed by atoms with Gasteiger partial charge in [-0.15, -0.1) is 6.58 Å². The molecule has 4 heterocycles. The van der Waals surface area contributed by atoms with E-state index in [0.717, 1.165) is 5.69 Å². The second-order valence-electron chi connectivity index (χ2n) is 10.3. The van der Waals surface area contributed by atoms with Crippen LogP contribution in [0.3, 0.4) is 0 Å². The Labute approximate surface area is 217 Å². The first-order chi connectivity index (χ1) is 18.0. The van der Waals surface area contributed by atoms with Crippen molar-refractivity contribution in [3.05, 3.63) is 82.6 Å². The van der Waals surface area contributed by atoms with Crippen molar-refractivity contribution in [2.45, 2.75) is 51.4 Å². The lowest BCUT2D eigenvalue weighted by molar-refractivity contribution is -0.158. The van der Waals surface area contributed by atoms with Crippen molar-refractivity contribution in [3.63, 3.8) is 0 Å². The maximum Gasteiger partial charge on any atom is 0.407 e. The first kappa shape index (κ1) is 25.7. The minimum Gasteiger partial charge on any atom is -0.324 e. The number of anilines is 2. The van der Waals surface area contributed by atoms with Crippen molar-refractivity contribution >= 4 is 22.7 Å². The number of hydrogen-bond donors (Lipinski definition) is 2. The van der Waals surface area contributed by atoms with E-state index in [-0.39, 0.29) is 35.6 Å². The number of halogens is 3. The van der Waals surface area contributed by atoms with Crippen molar-refractivity contribution in [2.75, 3.05) is 11.9 Å². The van der Waals surface area contributed by atoms with Crippen LogP contribution in [0.1, 0.15) is 43.6 Å². The molecule has 1 atom stereocenters. The molecule has 0 amide bonds. The lowest BCUT2D eigenvalue weighted by Gasteiger charge is -2.29. The summed E-state index contributed by atoms with van der Waals surface area (Å²) < 4.78 is 43.6. The summed E-state index contributed by atoms with van der Waals surface area (Å²) in [5.74, 6) is 0.216. The first-order valence-electron chi connectivity index (χ1n) is 12.2. The predicted molar refractivity (Wildman–Crippen MR) is 140 cm³/mol. The Morgan fingerprint density at radius 3 is 2.68 bits per heavy atom. The highest BCUT2D eigenvalue weighted by atomic mass is 19.4. The maximum absolute atomic E-state index is 13.4. The van der Waals surface area contributed by atoms with Crippen LogP contribution in [0.2, 0.25) is 0 Å². The molecule has 0 saturated heterocycles. The van der Waals surface area contributed by atoms with E-state index in [4.69, 9.17) is 0 Å². The Balaban J connectivity index is 1.57. The minimum atomic E-state index is -4.37. The van der Waals surface area contributed by atoms with Crippen molar-refractivity contribution in [3.8, 4) is 5.69 Å². The van der Waals surface area contributed by atoms with Crippen LogP contribution in [0, 0.1) is 0 Å². The molecule has 0 saturated carbocycles. The average molecular weight is 524 g/mol. The zero-order valence-corrected chi connectivity index (χ0v) is 21.3. The fraction of sp³-hybridized carbons (Fsp3) is 0.333. The number of benzene rings is 1. The van der Waals surface area contributed by atoms with E-state index in [0.29, 0.717) is 34.4 Å². The van der Waals surface area contributed by atoms with Gasteiger partial charge in [-0.3, -0.25) is 9.78 Å². The zero-order valence-electron chi connectivity index (χ0n) is 21.3. The lowest BCUT2D eigenvalue weighted by atomic mass is 9.91. The van der Waals surface area contributed by atoms with Gasteiger partial charge in [-0.2, -0.15) is 18.2 Å². The molecule has 0 bridgehead atoms. The highest BCUT2D eigenvalue weighted by molar-refractivity contribution is 5.77. The van der Waals surface area contributed by atoms with E-state index in [1.807, 2.05) is 6.07 Å². The van der Waals surface area contributed by atoms with Crippen LogP contribution in [0.25, 0.3) is 16.7 Å². The molecule has 3 aromatic heterocycles. The molecule has 0 aliphatic carbocycles. The molecule has 0 fully saturated rings. The van der Waals surface area contributed by atoms with Crippen molar-refractivity contribution in [2.24, 2.45) is 0 Å². The maximum atomic E-state index is 13.4. The van der Waals surface area contributed by atoms with Crippen molar-refractivity contribution in [1.82, 2.24) is 29.6 Å². The third-order valence-electron chi connectivity index (χ3n) is 6.51. The Morgan fingerprint density at radius 2 is 1.97 bits per heavy atom. The van der Waals surface area contributed by atoms with Gasteiger partial charge in [-0.25, -0.2) is 14.3 Å². The average Bonchev–Trinajstić information content (AvgIpc) is 3.13. The topological polar surface area (TPSA) is 89.7 Å². The van der Waals surface area contributed by atoms with Gasteiger partial charge >= 0.3 is 6.18 Å². The standard InChI is InChI=1S/C27H28F3N7O/c1-5-12-36-24(38)20-15-33-25(35-23(20)37(36)18-9-11-31-21(14-18)26(2,3)4)34-17-6-7-19-16(13-17)8-10-32-22(19)27(28,29)30/h5-7,9,11,13-15,22,32H,1,8,10,12H2,2-4H3,(H,33,34,35). The molecular weight excluding hydrogens is 495 g/mol. The number of pyridine rings is 1. The van der Waals surface area contributed by atoms with Crippen molar-refractivity contribution in [1.29, 1.82) is 0 Å². The van der Waals surface area contributed by atoms with E-state index in [1.165, 1.54) is 16.9 Å². The van der Waals surface area contributed by atoms with Gasteiger partial charge in [0.25, 0.3) is 5.56 Å². The smallest absolute Gasteiger partial charge is 0.324 e. The number of nitrogens with one attached hydrogen (secondary N) is 2. The molecule has 1 unspecified atom stereocenters. The molecular formula is C27H28F3N7O. The summed E-state index contributed by atoms with van der Waals surface area (Å²) in [4.78, 5) is 26.7. The van der Waals surface area contributed by atoms with E-state index in [2.05, 4.69) is 52.9 Å². The number of allylic oxidation sites excluding steroid dienone is 1. The molecule has 4 aromatic rings. The fourth-order valence-corrected chi connectivity index (χ4v) is 4.66. The van der Waals surface area contributed by atoms with E-state index >= 15 is 0 Å². The summed E-state index contributed by atoms with van der Waals surface area (Å²) >= 11 is 0. The van der Waals surface area contributed by atoms with E-state index in [9.17, 15) is 18.0 Å². The fourth-order valence-electron chi connectivity index (χ4n) is 4.66. The SMILES string of the molecule is C=CCn1c(=O)c2cnc(Nc3ccc4c(c3)CCNC4C(F)(F)F)nc2n1-c1ccnc(C(C)(C)C)c1. The second kappa shape index (κ2) is 9.39. The molecule has 0 spiro atoms. The van der Waals surface area contributed by atoms with E-state index < -0.39 is 12.2 Å². The normalized spacial score (nSPS) is 15.9. The van der Waals surface area contributed by atoms with Crippen LogP contribution in [0.5, 0.6) is 0 Å². The number of rotatable bonds is 5. The summed E-state index contributed by atoms with van der Waals surface area (Å²) in [6.45, 7) is 10.4. The van der Waals surface area contributed by atoms with Crippen LogP contribution in [-0.4, -0.2) is 37.0 Å². The third-order valence-corrected chi connectivity index (χ3v) is 6.51. The highest BCUT2D eigenvalue weighted by Crippen LogP contribution is 2.37. The van der Waals surface area contributed by atoms with E-state index in [1.54, 1.807) is 35.2 Å². The molecule has 1 aliphatic heterocycles. The number of nitrogens with zero attached hydrogens (tertiary/aromatic N) is 5. The number of hydrogen-bond acceptors (Lipinski definition) is 6. The van der Waals surface area contributed by atoms with Gasteiger partial charge in [0.15, 0.2) is 5.65 Å². The molecule has 11 heteroatoms. The Hall–Kier alpha value is -3.99. The summed E-state index contributed by atoms with van der Waals surface area (Å²) in [7, 11) is 0. The number of alkyl halides is 3. The van der Waals surface area contributed by atoms with Crippen LogP contribution < -0.4 is 16.2 Å². The van der Waals surface area contributed by atoms with Crippen molar-refractivity contribution < 1.29 is 13.2 Å². The summed E-state index contributed by atoms with van der Waals surface area (Å²) in [5, 5.41) is 5.96. The largest absolute Gasteiger partial charge is 0.407 e. The zero-order chi connectivity index (χ0) is 27.2. The van der Waals surface area contributed by atoms with Gasteiger partial charge in [-0.1, -0.05) is 32.9 Å². The van der Waals surface area contributed by atoms with Gasteiger partial charge in [0, 0.05) is 35.7 Å². The van der Waals surface area contributed by atoms with Crippen LogP contribution >= 0.6 is 0 Å². The van der Waals surface area contributed by atoms with Crippen LogP contribution in [0.4, 0.5) is 24.8 Å². The van der Waals surface area contributed by atoms with Gasteiger partial charge in [0.2, 0.25) is 5.95 Å². The molecule has 198 valence electrons. The number of aromatic nitrogens is 5. The third kappa shape index (κ3) is 4.69. The van der Waals surface area contributed by atoms with Crippen LogP contribution in [-0.2, 0) is 18.4 Å². The number of fused-ring (bicyclic) bond motifs is 2.